The van der Waals surface area contributed by atoms with Crippen LogP contribution in [0.25, 0.3) is 0 Å². The number of carbonyl (C=O) groups excluding carboxylic acids is 1. The van der Waals surface area contributed by atoms with E-state index < -0.39 is 17.5 Å². The lowest BCUT2D eigenvalue weighted by atomic mass is 10.2. The number of aryl methyl sites for hydroxylation is 2. The Balaban J connectivity index is 2.30. The van der Waals surface area contributed by atoms with E-state index in [-0.39, 0.29) is 11.3 Å². The summed E-state index contributed by atoms with van der Waals surface area (Å²) in [7, 11) is 0. The van der Waals surface area contributed by atoms with Crippen LogP contribution in [0.5, 0.6) is 0 Å². The highest BCUT2D eigenvalue weighted by atomic mass is 79.9. The molecule has 106 valence electrons. The van der Waals surface area contributed by atoms with Gasteiger partial charge in [0, 0.05) is 23.3 Å². The molecule has 0 radical (unpaired) electrons. The first-order valence-electron chi connectivity index (χ1n) is 6.05. The fraction of sp³-hybridized carbons (Fsp3) is 0.214. The van der Waals surface area contributed by atoms with E-state index in [1.165, 1.54) is 6.92 Å². The number of nitrogens with zero attached hydrogens (tertiary/aromatic N) is 1. The summed E-state index contributed by atoms with van der Waals surface area (Å²) in [5, 5.41) is 2.39. The Morgan fingerprint density at radius 3 is 2.65 bits per heavy atom. The molecule has 6 heteroatoms. The van der Waals surface area contributed by atoms with Gasteiger partial charge in [-0.2, -0.15) is 0 Å². The highest BCUT2D eigenvalue weighted by molar-refractivity contribution is 9.10. The molecule has 20 heavy (non-hydrogen) atoms. The van der Waals surface area contributed by atoms with E-state index in [2.05, 4.69) is 21.2 Å². The third-order valence-corrected chi connectivity index (χ3v) is 3.37. The molecule has 0 fully saturated rings. The molecule has 1 heterocycles. The van der Waals surface area contributed by atoms with Crippen molar-refractivity contribution in [2.24, 2.45) is 0 Å². The van der Waals surface area contributed by atoms with E-state index in [0.29, 0.717) is 12.2 Å². The first-order valence-corrected chi connectivity index (χ1v) is 6.84. The third-order valence-electron chi connectivity index (χ3n) is 2.93. The number of rotatable bonds is 3. The molecule has 1 aromatic carbocycles. The summed E-state index contributed by atoms with van der Waals surface area (Å²) >= 11 is 3.28. The minimum absolute atomic E-state index is 0.168. The lowest BCUT2D eigenvalue weighted by Gasteiger charge is -2.09. The Hall–Kier alpha value is -1.69. The molecule has 0 aliphatic carbocycles. The maximum Gasteiger partial charge on any atom is 0.272 e. The molecule has 0 saturated heterocycles. The quantitative estimate of drug-likeness (QED) is 0.894. The van der Waals surface area contributed by atoms with E-state index in [4.69, 9.17) is 0 Å². The number of nitrogens with one attached hydrogen (secondary N) is 1. The Bertz CT molecular complexity index is 667. The molecule has 0 unspecified atom stereocenters. The van der Waals surface area contributed by atoms with Crippen LogP contribution in [0, 0.1) is 18.6 Å². The summed E-state index contributed by atoms with van der Waals surface area (Å²) < 4.78 is 29.6. The van der Waals surface area contributed by atoms with Crippen LogP contribution in [-0.4, -0.2) is 10.5 Å². The molecule has 0 aliphatic heterocycles. The monoisotopic (exact) mass is 342 g/mol. The number of hydrogen-bond acceptors (Lipinski definition) is 1. The van der Waals surface area contributed by atoms with Gasteiger partial charge in [0.2, 0.25) is 0 Å². The van der Waals surface area contributed by atoms with Crippen LogP contribution in [0.1, 0.15) is 23.0 Å². The van der Waals surface area contributed by atoms with Gasteiger partial charge in [-0.05, 0) is 47.5 Å². The molecule has 1 amide bonds. The van der Waals surface area contributed by atoms with Crippen LogP contribution in [0.4, 0.5) is 14.5 Å². The summed E-state index contributed by atoms with van der Waals surface area (Å²) in [6.07, 6.45) is 1.75. The van der Waals surface area contributed by atoms with Gasteiger partial charge >= 0.3 is 0 Å². The number of carbonyl (C=O) groups is 1. The van der Waals surface area contributed by atoms with Crippen LogP contribution in [0.15, 0.2) is 28.9 Å². The summed E-state index contributed by atoms with van der Waals surface area (Å²) in [5.74, 6) is -1.71. The van der Waals surface area contributed by atoms with Gasteiger partial charge in [-0.15, -0.1) is 0 Å². The maximum atomic E-state index is 13.7. The number of benzene rings is 1. The molecular weight excluding hydrogens is 330 g/mol. The molecule has 0 bridgehead atoms. The lowest BCUT2D eigenvalue weighted by molar-refractivity contribution is 0.101. The fourth-order valence-corrected chi connectivity index (χ4v) is 2.32. The zero-order valence-corrected chi connectivity index (χ0v) is 12.6. The second kappa shape index (κ2) is 5.75. The largest absolute Gasteiger partial charge is 0.343 e. The van der Waals surface area contributed by atoms with Gasteiger partial charge < -0.3 is 9.88 Å². The number of amides is 1. The van der Waals surface area contributed by atoms with Gasteiger partial charge in [0.25, 0.3) is 5.91 Å². The summed E-state index contributed by atoms with van der Waals surface area (Å²) in [6.45, 7) is 3.94. The second-order valence-corrected chi connectivity index (χ2v) is 5.28. The molecule has 0 atom stereocenters. The van der Waals surface area contributed by atoms with Gasteiger partial charge in [0.15, 0.2) is 0 Å². The van der Waals surface area contributed by atoms with Crippen LogP contribution >= 0.6 is 15.9 Å². The van der Waals surface area contributed by atoms with E-state index in [1.807, 2.05) is 6.92 Å². The van der Waals surface area contributed by atoms with Gasteiger partial charge in [-0.25, -0.2) is 8.78 Å². The average molecular weight is 343 g/mol. The zero-order chi connectivity index (χ0) is 14.9. The minimum atomic E-state index is -0.661. The molecule has 3 nitrogen and oxygen atoms in total. The molecule has 1 N–H and O–H groups in total. The Morgan fingerprint density at radius 2 is 2.00 bits per heavy atom. The van der Waals surface area contributed by atoms with Crippen LogP contribution in [0.2, 0.25) is 0 Å². The first kappa shape index (κ1) is 14.7. The SMILES string of the molecule is CCn1cc(Br)cc1C(=O)Nc1cc(F)c(C)cc1F. The average Bonchev–Trinajstić information content (AvgIpc) is 2.77. The fourth-order valence-electron chi connectivity index (χ4n) is 1.86. The normalized spacial score (nSPS) is 10.7. The van der Waals surface area contributed by atoms with Crippen molar-refractivity contribution in [3.63, 3.8) is 0 Å². The minimum Gasteiger partial charge on any atom is -0.343 e. The van der Waals surface area contributed by atoms with Crippen molar-refractivity contribution < 1.29 is 13.6 Å². The molecule has 2 rings (SSSR count). The Labute approximate surface area is 123 Å². The molecule has 0 saturated carbocycles. The van der Waals surface area contributed by atoms with Crippen LogP contribution in [-0.2, 0) is 6.54 Å². The van der Waals surface area contributed by atoms with Gasteiger partial charge in [-0.3, -0.25) is 4.79 Å². The van der Waals surface area contributed by atoms with E-state index in [0.717, 1.165) is 16.6 Å². The van der Waals surface area contributed by atoms with E-state index in [9.17, 15) is 13.6 Å². The first-order chi connectivity index (χ1) is 9.42. The number of anilines is 1. The lowest BCUT2D eigenvalue weighted by Crippen LogP contribution is -2.17. The highest BCUT2D eigenvalue weighted by Crippen LogP contribution is 2.21. The zero-order valence-electron chi connectivity index (χ0n) is 11.0. The summed E-state index contributed by atoms with van der Waals surface area (Å²) in [6, 6.07) is 3.66. The summed E-state index contributed by atoms with van der Waals surface area (Å²) in [4.78, 5) is 12.1. The molecular formula is C14H13BrF2N2O. The van der Waals surface area contributed by atoms with E-state index in [1.54, 1.807) is 16.8 Å². The topological polar surface area (TPSA) is 34.0 Å². The maximum absolute atomic E-state index is 13.7. The number of aromatic nitrogens is 1. The Kier molecular flexibility index (Phi) is 4.23. The highest BCUT2D eigenvalue weighted by Gasteiger charge is 2.15. The standard InChI is InChI=1S/C14H13BrF2N2O/c1-3-19-7-9(15)5-13(19)14(20)18-12-6-10(16)8(2)4-11(12)17/h4-7H,3H2,1-2H3,(H,18,20). The van der Waals surface area contributed by atoms with Crippen molar-refractivity contribution >= 4 is 27.5 Å². The van der Waals surface area contributed by atoms with Crippen molar-refractivity contribution in [1.82, 2.24) is 4.57 Å². The van der Waals surface area contributed by atoms with E-state index >= 15 is 0 Å². The van der Waals surface area contributed by atoms with Crippen molar-refractivity contribution in [2.45, 2.75) is 20.4 Å². The molecule has 2 aromatic rings. The van der Waals surface area contributed by atoms with Crippen molar-refractivity contribution in [3.8, 4) is 0 Å². The third kappa shape index (κ3) is 2.90. The number of halogens is 3. The second-order valence-electron chi connectivity index (χ2n) is 4.36. The van der Waals surface area contributed by atoms with Crippen LogP contribution in [0.3, 0.4) is 0 Å². The number of hydrogen-bond donors (Lipinski definition) is 1. The molecule has 0 aliphatic rings. The van der Waals surface area contributed by atoms with Crippen molar-refractivity contribution in [1.29, 1.82) is 0 Å². The summed E-state index contributed by atoms with van der Waals surface area (Å²) in [5.41, 5.74) is 0.401. The predicted octanol–water partition coefficient (Wildman–Crippen LogP) is 4.11. The van der Waals surface area contributed by atoms with Crippen molar-refractivity contribution in [2.75, 3.05) is 5.32 Å². The van der Waals surface area contributed by atoms with Gasteiger partial charge in [-0.1, -0.05) is 0 Å². The van der Waals surface area contributed by atoms with Gasteiger partial charge in [0.05, 0.1) is 5.69 Å². The molecule has 1 aromatic heterocycles. The smallest absolute Gasteiger partial charge is 0.272 e. The van der Waals surface area contributed by atoms with Crippen molar-refractivity contribution in [3.05, 3.63) is 51.8 Å². The van der Waals surface area contributed by atoms with Crippen LogP contribution < -0.4 is 5.32 Å². The molecule has 0 spiro atoms. The Morgan fingerprint density at radius 1 is 1.30 bits per heavy atom. The predicted molar refractivity (Wildman–Crippen MR) is 76.9 cm³/mol. The van der Waals surface area contributed by atoms with Gasteiger partial charge in [0.1, 0.15) is 17.3 Å².